The average Bonchev–Trinajstić information content (AvgIpc) is 3.17. The lowest BCUT2D eigenvalue weighted by Crippen LogP contribution is -2.44. The minimum absolute atomic E-state index is 0.534. The summed E-state index contributed by atoms with van der Waals surface area (Å²) in [4.78, 5) is 2.22. The Morgan fingerprint density at radius 3 is 2.74 bits per heavy atom. The predicted octanol–water partition coefficient (Wildman–Crippen LogP) is 2.65. The molecule has 1 atom stereocenters. The van der Waals surface area contributed by atoms with Crippen LogP contribution in [0, 0.1) is 0 Å². The van der Waals surface area contributed by atoms with Crippen molar-refractivity contribution in [1.29, 1.82) is 0 Å². The molecule has 1 saturated heterocycles. The van der Waals surface area contributed by atoms with E-state index in [4.69, 9.17) is 9.47 Å². The highest BCUT2D eigenvalue weighted by atomic mass is 16.5. The number of β-amino-alcohol motifs (C(OH)–C–C–N with tert-alkyl or cyclic N) is 1. The largest absolute Gasteiger partial charge is 0.496 e. The average molecular weight is 369 g/mol. The first-order valence-electron chi connectivity index (χ1n) is 9.61. The Bertz CT molecular complexity index is 799. The van der Waals surface area contributed by atoms with Gasteiger partial charge < -0.3 is 24.6 Å². The molecule has 5 nitrogen and oxygen atoms in total. The summed E-state index contributed by atoms with van der Waals surface area (Å²) in [6.07, 6.45) is 1.62. The number of benzene rings is 2. The minimum Gasteiger partial charge on any atom is -0.496 e. The zero-order valence-electron chi connectivity index (χ0n) is 15.7. The summed E-state index contributed by atoms with van der Waals surface area (Å²) in [7, 11) is 1.63. The molecule has 0 unspecified atom stereocenters. The van der Waals surface area contributed by atoms with E-state index in [0.717, 1.165) is 48.7 Å². The Kier molecular flexibility index (Phi) is 5.08. The lowest BCUT2D eigenvalue weighted by atomic mass is 9.83. The van der Waals surface area contributed by atoms with E-state index in [9.17, 15) is 10.2 Å². The molecular weight excluding hydrogens is 342 g/mol. The molecule has 0 bridgehead atoms. The van der Waals surface area contributed by atoms with Crippen molar-refractivity contribution in [3.8, 4) is 11.5 Å². The summed E-state index contributed by atoms with van der Waals surface area (Å²) < 4.78 is 11.0. The maximum absolute atomic E-state index is 11.1. The molecule has 0 radical (unpaired) electrons. The van der Waals surface area contributed by atoms with Crippen molar-refractivity contribution in [1.82, 2.24) is 4.90 Å². The molecule has 0 aromatic heterocycles. The summed E-state index contributed by atoms with van der Waals surface area (Å²) in [6, 6.07) is 13.6. The van der Waals surface area contributed by atoms with E-state index in [1.54, 1.807) is 7.11 Å². The molecule has 2 aliphatic heterocycles. The maximum atomic E-state index is 11.1. The topological polar surface area (TPSA) is 62.2 Å². The molecule has 0 amide bonds. The second-order valence-electron chi connectivity index (χ2n) is 7.51. The second kappa shape index (κ2) is 7.50. The van der Waals surface area contributed by atoms with E-state index in [0.29, 0.717) is 19.4 Å². The number of ether oxygens (including phenoxy) is 2. The van der Waals surface area contributed by atoms with Gasteiger partial charge in [0.15, 0.2) is 0 Å². The fourth-order valence-corrected chi connectivity index (χ4v) is 4.17. The van der Waals surface area contributed by atoms with Gasteiger partial charge in [0.25, 0.3) is 0 Å². The number of rotatable bonds is 5. The van der Waals surface area contributed by atoms with Gasteiger partial charge >= 0.3 is 0 Å². The monoisotopic (exact) mass is 369 g/mol. The van der Waals surface area contributed by atoms with E-state index >= 15 is 0 Å². The van der Waals surface area contributed by atoms with Crippen LogP contribution in [0.1, 0.15) is 35.6 Å². The van der Waals surface area contributed by atoms with Gasteiger partial charge in [-0.25, -0.2) is 0 Å². The van der Waals surface area contributed by atoms with Gasteiger partial charge in [-0.1, -0.05) is 24.3 Å². The van der Waals surface area contributed by atoms with Crippen molar-refractivity contribution in [2.75, 3.05) is 33.4 Å². The number of para-hydroxylation sites is 1. The van der Waals surface area contributed by atoms with Gasteiger partial charge in [-0.15, -0.1) is 0 Å². The van der Waals surface area contributed by atoms with Crippen molar-refractivity contribution in [3.05, 3.63) is 59.2 Å². The number of likely N-dealkylation sites (tertiary alicyclic amines) is 1. The van der Waals surface area contributed by atoms with Crippen LogP contribution in [0.4, 0.5) is 0 Å². The van der Waals surface area contributed by atoms with Crippen LogP contribution in [-0.2, 0) is 12.0 Å². The van der Waals surface area contributed by atoms with Crippen molar-refractivity contribution >= 4 is 0 Å². The van der Waals surface area contributed by atoms with Crippen LogP contribution in [0.15, 0.2) is 42.5 Å². The van der Waals surface area contributed by atoms with E-state index in [2.05, 4.69) is 11.0 Å². The first-order valence-corrected chi connectivity index (χ1v) is 9.61. The summed E-state index contributed by atoms with van der Waals surface area (Å²) in [5.41, 5.74) is 2.09. The van der Waals surface area contributed by atoms with Crippen LogP contribution in [0.3, 0.4) is 0 Å². The highest BCUT2D eigenvalue weighted by Gasteiger charge is 2.36. The molecule has 2 N–H and O–H groups in total. The van der Waals surface area contributed by atoms with Crippen LogP contribution in [-0.4, -0.2) is 48.5 Å². The highest BCUT2D eigenvalue weighted by molar-refractivity contribution is 5.41. The van der Waals surface area contributed by atoms with Gasteiger partial charge in [-0.05, 0) is 42.2 Å². The van der Waals surface area contributed by atoms with Crippen LogP contribution in [0.5, 0.6) is 11.5 Å². The van der Waals surface area contributed by atoms with Crippen molar-refractivity contribution < 1.29 is 19.7 Å². The molecule has 2 aromatic carbocycles. The Hall–Kier alpha value is -2.08. The molecular formula is C22H27NO4. The van der Waals surface area contributed by atoms with Gasteiger partial charge in [0.2, 0.25) is 0 Å². The van der Waals surface area contributed by atoms with Gasteiger partial charge in [0.05, 0.1) is 25.4 Å². The summed E-state index contributed by atoms with van der Waals surface area (Å²) >= 11 is 0. The molecule has 2 heterocycles. The van der Waals surface area contributed by atoms with E-state index in [-0.39, 0.29) is 0 Å². The number of aliphatic hydroxyl groups excluding tert-OH is 1. The number of hydrogen-bond acceptors (Lipinski definition) is 5. The molecule has 4 rings (SSSR count). The zero-order chi connectivity index (χ0) is 18.9. The highest BCUT2D eigenvalue weighted by Crippen LogP contribution is 2.38. The Labute approximate surface area is 160 Å². The summed E-state index contributed by atoms with van der Waals surface area (Å²) in [5.74, 6) is 1.67. The lowest BCUT2D eigenvalue weighted by Gasteiger charge is -2.39. The van der Waals surface area contributed by atoms with Crippen molar-refractivity contribution in [2.45, 2.75) is 31.0 Å². The summed E-state index contributed by atoms with van der Waals surface area (Å²) in [5, 5.41) is 21.8. The molecule has 5 heteroatoms. The van der Waals surface area contributed by atoms with Crippen LogP contribution < -0.4 is 9.47 Å². The van der Waals surface area contributed by atoms with Gasteiger partial charge in [0, 0.05) is 31.6 Å². The van der Waals surface area contributed by atoms with E-state index in [1.165, 1.54) is 5.56 Å². The van der Waals surface area contributed by atoms with Gasteiger partial charge in [0.1, 0.15) is 11.5 Å². The van der Waals surface area contributed by atoms with Crippen molar-refractivity contribution in [3.63, 3.8) is 0 Å². The van der Waals surface area contributed by atoms with Gasteiger partial charge in [-0.2, -0.15) is 0 Å². The number of hydrogen-bond donors (Lipinski definition) is 2. The Balaban J connectivity index is 1.39. The molecule has 1 fully saturated rings. The molecule has 144 valence electrons. The predicted molar refractivity (Wildman–Crippen MR) is 103 cm³/mol. The van der Waals surface area contributed by atoms with Crippen LogP contribution >= 0.6 is 0 Å². The number of piperidine rings is 1. The van der Waals surface area contributed by atoms with E-state index in [1.807, 2.05) is 36.4 Å². The number of fused-ring (bicyclic) bond motifs is 1. The fraction of sp³-hybridized carbons (Fsp3) is 0.455. The lowest BCUT2D eigenvalue weighted by molar-refractivity contribution is -0.0358. The smallest absolute Gasteiger partial charge is 0.124 e. The quantitative estimate of drug-likeness (QED) is 0.848. The molecule has 0 spiro atoms. The van der Waals surface area contributed by atoms with Crippen LogP contribution in [0.25, 0.3) is 0 Å². The third kappa shape index (κ3) is 3.68. The first-order chi connectivity index (χ1) is 13.1. The molecule has 2 aromatic rings. The molecule has 0 saturated carbocycles. The number of nitrogens with zero attached hydrogens (tertiary/aromatic N) is 1. The van der Waals surface area contributed by atoms with E-state index < -0.39 is 11.7 Å². The minimum atomic E-state index is -0.876. The standard InChI is InChI=1S/C22H27NO4/c1-26-21-5-3-2-4-18(21)22(25)9-11-23(12-10-22)15-19(24)16-6-7-20-17(14-16)8-13-27-20/h2-7,14,19,24-25H,8-13,15H2,1H3/t19-/m1/s1. The normalized spacial score (nSPS) is 20.0. The van der Waals surface area contributed by atoms with Gasteiger partial charge in [-0.3, -0.25) is 0 Å². The Morgan fingerprint density at radius 2 is 1.96 bits per heavy atom. The Morgan fingerprint density at radius 1 is 1.19 bits per heavy atom. The third-order valence-corrected chi connectivity index (χ3v) is 5.82. The first kappa shape index (κ1) is 18.3. The maximum Gasteiger partial charge on any atom is 0.124 e. The SMILES string of the molecule is COc1ccccc1C1(O)CCN(C[C@@H](O)c2ccc3c(c2)CCO3)CC1. The molecule has 27 heavy (non-hydrogen) atoms. The van der Waals surface area contributed by atoms with Crippen molar-refractivity contribution in [2.24, 2.45) is 0 Å². The zero-order valence-corrected chi connectivity index (χ0v) is 15.7. The number of aliphatic hydroxyl groups is 2. The second-order valence-corrected chi connectivity index (χ2v) is 7.51. The summed E-state index contributed by atoms with van der Waals surface area (Å²) in [6.45, 7) is 2.77. The van der Waals surface area contributed by atoms with Crippen LogP contribution in [0.2, 0.25) is 0 Å². The fourth-order valence-electron chi connectivity index (χ4n) is 4.17. The number of methoxy groups -OCH3 is 1. The third-order valence-electron chi connectivity index (χ3n) is 5.82. The molecule has 2 aliphatic rings. The molecule has 0 aliphatic carbocycles.